The second-order valence-corrected chi connectivity index (χ2v) is 6.44. The van der Waals surface area contributed by atoms with E-state index in [4.69, 9.17) is 9.88 Å². The minimum atomic E-state index is -3.76. The van der Waals surface area contributed by atoms with E-state index < -0.39 is 10.0 Å². The maximum absolute atomic E-state index is 11.7. The largest absolute Gasteiger partial charge is 0.493 e. The molecule has 0 spiro atoms. The van der Waals surface area contributed by atoms with Gasteiger partial charge < -0.3 is 10.1 Å². The van der Waals surface area contributed by atoms with Crippen molar-refractivity contribution >= 4 is 15.7 Å². The molecular weight excluding hydrogens is 288 g/mol. The molecule has 3 N–H and O–H groups in total. The summed E-state index contributed by atoms with van der Waals surface area (Å²) >= 11 is 0. The summed E-state index contributed by atoms with van der Waals surface area (Å²) in [5.41, 5.74) is 1.54. The molecule has 3 rings (SSSR count). The van der Waals surface area contributed by atoms with Crippen molar-refractivity contribution in [1.82, 2.24) is 0 Å². The summed E-state index contributed by atoms with van der Waals surface area (Å²) < 4.78 is 28.9. The van der Waals surface area contributed by atoms with E-state index in [9.17, 15) is 8.42 Å². The molecule has 0 fully saturated rings. The van der Waals surface area contributed by atoms with Gasteiger partial charge in [-0.05, 0) is 18.2 Å². The highest BCUT2D eigenvalue weighted by molar-refractivity contribution is 7.89. The molecule has 0 aromatic heterocycles. The van der Waals surface area contributed by atoms with Gasteiger partial charge in [-0.1, -0.05) is 30.3 Å². The first-order chi connectivity index (χ1) is 10.1. The van der Waals surface area contributed by atoms with E-state index in [1.807, 2.05) is 24.3 Å². The maximum Gasteiger partial charge on any atom is 0.240 e. The summed E-state index contributed by atoms with van der Waals surface area (Å²) in [6.45, 7) is 0.590. The summed E-state index contributed by atoms with van der Waals surface area (Å²) in [5.74, 6) is 0.828. The highest BCUT2D eigenvalue weighted by atomic mass is 32.2. The zero-order chi connectivity index (χ0) is 14.9. The van der Waals surface area contributed by atoms with Gasteiger partial charge in [-0.25, -0.2) is 13.6 Å². The van der Waals surface area contributed by atoms with Crippen molar-refractivity contribution < 1.29 is 13.2 Å². The molecule has 1 unspecified atom stereocenters. The van der Waals surface area contributed by atoms with Crippen LogP contribution in [-0.4, -0.2) is 15.0 Å². The molecule has 0 saturated heterocycles. The summed E-state index contributed by atoms with van der Waals surface area (Å²) in [7, 11) is -3.76. The van der Waals surface area contributed by atoms with E-state index in [2.05, 4.69) is 5.32 Å². The van der Waals surface area contributed by atoms with Crippen LogP contribution in [-0.2, 0) is 10.0 Å². The van der Waals surface area contributed by atoms with Crippen LogP contribution in [0.2, 0.25) is 0 Å². The Morgan fingerprint density at radius 2 is 1.81 bits per heavy atom. The molecule has 1 atom stereocenters. The van der Waals surface area contributed by atoms with Crippen LogP contribution in [0, 0.1) is 0 Å². The van der Waals surface area contributed by atoms with E-state index in [0.29, 0.717) is 12.3 Å². The number of rotatable bonds is 3. The Labute approximate surface area is 123 Å². The van der Waals surface area contributed by atoms with Gasteiger partial charge in [-0.3, -0.25) is 0 Å². The number of nitrogens with two attached hydrogens (primary N) is 1. The van der Waals surface area contributed by atoms with Gasteiger partial charge in [0.2, 0.25) is 10.0 Å². The number of ether oxygens (including phenoxy) is 1. The van der Waals surface area contributed by atoms with Gasteiger partial charge >= 0.3 is 0 Å². The van der Waals surface area contributed by atoms with Crippen LogP contribution >= 0.6 is 0 Å². The summed E-state index contributed by atoms with van der Waals surface area (Å²) in [4.78, 5) is 0.106. The maximum atomic E-state index is 11.7. The Hall–Kier alpha value is -2.05. The lowest BCUT2D eigenvalue weighted by Crippen LogP contribution is -2.22. The lowest BCUT2D eigenvalue weighted by Gasteiger charge is -2.28. The Morgan fingerprint density at radius 3 is 2.62 bits per heavy atom. The highest BCUT2D eigenvalue weighted by Gasteiger charge is 2.23. The number of nitrogens with one attached hydrogen (secondary N) is 1. The number of fused-ring (bicyclic) bond motifs is 1. The van der Waals surface area contributed by atoms with Gasteiger partial charge in [0.25, 0.3) is 0 Å². The zero-order valence-corrected chi connectivity index (χ0v) is 12.1. The first kappa shape index (κ1) is 13.9. The summed E-state index contributed by atoms with van der Waals surface area (Å²) in [6.07, 6.45) is 0.760. The van der Waals surface area contributed by atoms with E-state index in [-0.39, 0.29) is 10.9 Å². The Kier molecular flexibility index (Phi) is 3.57. The minimum absolute atomic E-state index is 0.00199. The van der Waals surface area contributed by atoms with Crippen molar-refractivity contribution in [3.63, 3.8) is 0 Å². The molecule has 2 aromatic carbocycles. The van der Waals surface area contributed by atoms with Gasteiger partial charge in [-0.15, -0.1) is 0 Å². The average Bonchev–Trinajstić information content (AvgIpc) is 2.47. The third-order valence-corrected chi connectivity index (χ3v) is 4.45. The van der Waals surface area contributed by atoms with Gasteiger partial charge in [0.15, 0.2) is 0 Å². The fraction of sp³-hybridized carbons (Fsp3) is 0.200. The fourth-order valence-electron chi connectivity index (χ4n) is 2.51. The average molecular weight is 304 g/mol. The number of hydrogen-bond acceptors (Lipinski definition) is 4. The van der Waals surface area contributed by atoms with E-state index in [1.54, 1.807) is 18.2 Å². The molecule has 1 aliphatic rings. The Balaban J connectivity index is 1.96. The fourth-order valence-corrected chi connectivity index (χ4v) is 3.22. The van der Waals surface area contributed by atoms with Crippen molar-refractivity contribution in [1.29, 1.82) is 0 Å². The number of sulfonamides is 1. The first-order valence-corrected chi connectivity index (χ1v) is 8.20. The van der Waals surface area contributed by atoms with Crippen LogP contribution in [0.5, 0.6) is 5.75 Å². The smallest absolute Gasteiger partial charge is 0.240 e. The summed E-state index contributed by atoms with van der Waals surface area (Å²) in [5, 5.41) is 8.54. The standard InChI is InChI=1S/C15H16N2O3S/c16-21(18,19)15-8-4-2-6-13(15)17-12-9-10-20-14-7-3-1-5-11(12)14/h1-8,12,17H,9-10H2,(H2,16,18,19). The molecular formula is C15H16N2O3S. The van der Waals surface area contributed by atoms with Crippen LogP contribution in [0.25, 0.3) is 0 Å². The number of hydrogen-bond donors (Lipinski definition) is 2. The van der Waals surface area contributed by atoms with Crippen molar-refractivity contribution in [2.45, 2.75) is 17.4 Å². The molecule has 0 aliphatic carbocycles. The number of anilines is 1. The molecule has 6 heteroatoms. The quantitative estimate of drug-likeness (QED) is 0.911. The lowest BCUT2D eigenvalue weighted by atomic mass is 10.0. The van der Waals surface area contributed by atoms with E-state index in [0.717, 1.165) is 17.7 Å². The Morgan fingerprint density at radius 1 is 1.10 bits per heavy atom. The number of benzene rings is 2. The molecule has 0 radical (unpaired) electrons. The Bertz CT molecular complexity index is 759. The minimum Gasteiger partial charge on any atom is -0.493 e. The first-order valence-electron chi connectivity index (χ1n) is 6.66. The third-order valence-electron chi connectivity index (χ3n) is 3.48. The van der Waals surface area contributed by atoms with E-state index in [1.165, 1.54) is 6.07 Å². The van der Waals surface area contributed by atoms with Crippen molar-refractivity contribution in [2.75, 3.05) is 11.9 Å². The van der Waals surface area contributed by atoms with Gasteiger partial charge in [-0.2, -0.15) is 0 Å². The molecule has 21 heavy (non-hydrogen) atoms. The van der Waals surface area contributed by atoms with Gasteiger partial charge in [0.05, 0.1) is 18.3 Å². The van der Waals surface area contributed by atoms with Crippen molar-refractivity contribution in [2.24, 2.45) is 5.14 Å². The lowest BCUT2D eigenvalue weighted by molar-refractivity contribution is 0.274. The van der Waals surface area contributed by atoms with Crippen LogP contribution in [0.3, 0.4) is 0 Å². The predicted octanol–water partition coefficient (Wildman–Crippen LogP) is 2.27. The van der Waals surface area contributed by atoms with Gasteiger partial charge in [0, 0.05) is 12.0 Å². The SMILES string of the molecule is NS(=O)(=O)c1ccccc1NC1CCOc2ccccc21. The molecule has 110 valence electrons. The third kappa shape index (κ3) is 2.86. The van der Waals surface area contributed by atoms with Crippen LogP contribution in [0.15, 0.2) is 53.4 Å². The van der Waals surface area contributed by atoms with Crippen LogP contribution < -0.4 is 15.2 Å². The normalized spacial score (nSPS) is 17.7. The monoisotopic (exact) mass is 304 g/mol. The molecule has 1 aliphatic heterocycles. The van der Waals surface area contributed by atoms with Crippen molar-refractivity contribution in [3.8, 4) is 5.75 Å². The topological polar surface area (TPSA) is 81.4 Å². The molecule has 2 aromatic rings. The summed E-state index contributed by atoms with van der Waals surface area (Å²) in [6, 6.07) is 14.4. The molecule has 0 amide bonds. The van der Waals surface area contributed by atoms with Crippen LogP contribution in [0.4, 0.5) is 5.69 Å². The zero-order valence-electron chi connectivity index (χ0n) is 11.3. The number of primary sulfonamides is 1. The van der Waals surface area contributed by atoms with Gasteiger partial charge in [0.1, 0.15) is 10.6 Å². The second-order valence-electron chi connectivity index (χ2n) is 4.91. The molecule has 0 saturated carbocycles. The van der Waals surface area contributed by atoms with E-state index >= 15 is 0 Å². The molecule has 1 heterocycles. The van der Waals surface area contributed by atoms with Crippen molar-refractivity contribution in [3.05, 3.63) is 54.1 Å². The van der Waals surface area contributed by atoms with Crippen LogP contribution in [0.1, 0.15) is 18.0 Å². The second kappa shape index (κ2) is 5.38. The predicted molar refractivity (Wildman–Crippen MR) is 80.7 cm³/mol. The molecule has 5 nitrogen and oxygen atoms in total. The molecule has 0 bridgehead atoms. The highest BCUT2D eigenvalue weighted by Crippen LogP contribution is 2.35. The number of para-hydroxylation sites is 2.